The van der Waals surface area contributed by atoms with E-state index in [2.05, 4.69) is 21.4 Å². The van der Waals surface area contributed by atoms with Gasteiger partial charge in [-0.3, -0.25) is 9.36 Å². The van der Waals surface area contributed by atoms with E-state index in [1.165, 1.54) is 11.8 Å². The number of fused-ring (bicyclic) bond motifs is 1. The highest BCUT2D eigenvalue weighted by Gasteiger charge is 2.21. The van der Waals surface area contributed by atoms with Crippen LogP contribution in [-0.4, -0.2) is 40.8 Å². The monoisotopic (exact) mass is 314 g/mol. The molecule has 2 aromatic rings. The van der Waals surface area contributed by atoms with Crippen molar-refractivity contribution in [1.82, 2.24) is 19.9 Å². The lowest BCUT2D eigenvalue weighted by Gasteiger charge is -2.26. The van der Waals surface area contributed by atoms with Crippen LogP contribution in [0.25, 0.3) is 11.2 Å². The van der Waals surface area contributed by atoms with Crippen LogP contribution in [0.3, 0.4) is 0 Å². The van der Waals surface area contributed by atoms with Gasteiger partial charge in [-0.2, -0.15) is 0 Å². The first-order valence-corrected chi connectivity index (χ1v) is 8.48. The van der Waals surface area contributed by atoms with Crippen molar-refractivity contribution in [2.75, 3.05) is 26.3 Å². The summed E-state index contributed by atoms with van der Waals surface area (Å²) in [5.41, 5.74) is 2.71. The molecule has 0 spiro atoms. The molecule has 2 aliphatic rings. The number of piperidine rings is 1. The first-order chi connectivity index (χ1) is 11.3. The largest absolute Gasteiger partial charge is 0.381 e. The summed E-state index contributed by atoms with van der Waals surface area (Å²) in [5, 5.41) is 3.34. The Morgan fingerprint density at radius 1 is 1.09 bits per heavy atom. The van der Waals surface area contributed by atoms with Crippen LogP contribution in [0.2, 0.25) is 0 Å². The molecule has 2 fully saturated rings. The van der Waals surface area contributed by atoms with Gasteiger partial charge in [0.25, 0.3) is 5.56 Å². The predicted molar refractivity (Wildman–Crippen MR) is 87.7 cm³/mol. The molecule has 2 aromatic heterocycles. The van der Waals surface area contributed by atoms with Gasteiger partial charge in [0.15, 0.2) is 5.65 Å². The molecule has 4 heterocycles. The van der Waals surface area contributed by atoms with Gasteiger partial charge in [0.2, 0.25) is 0 Å². The molecule has 6 heteroatoms. The number of nitrogens with one attached hydrogen (secondary N) is 1. The molecule has 0 radical (unpaired) electrons. The number of rotatable bonds is 2. The zero-order valence-corrected chi connectivity index (χ0v) is 13.2. The minimum absolute atomic E-state index is 0.0456. The summed E-state index contributed by atoms with van der Waals surface area (Å²) in [7, 11) is 0. The third-order valence-electron chi connectivity index (χ3n) is 5.01. The van der Waals surface area contributed by atoms with E-state index >= 15 is 0 Å². The zero-order chi connectivity index (χ0) is 15.6. The van der Waals surface area contributed by atoms with Gasteiger partial charge in [-0.1, -0.05) is 0 Å². The number of ether oxygens (including phenoxy) is 1. The van der Waals surface area contributed by atoms with Gasteiger partial charge in [0.1, 0.15) is 5.52 Å². The van der Waals surface area contributed by atoms with E-state index < -0.39 is 0 Å². The normalized spacial score (nSPS) is 20.9. The Morgan fingerprint density at radius 3 is 2.65 bits per heavy atom. The third-order valence-corrected chi connectivity index (χ3v) is 5.01. The van der Waals surface area contributed by atoms with Crippen LogP contribution in [0, 0.1) is 0 Å². The third kappa shape index (κ3) is 2.88. The maximum Gasteiger partial charge on any atom is 0.270 e. The Balaban J connectivity index is 1.75. The van der Waals surface area contributed by atoms with Crippen LogP contribution < -0.4 is 10.9 Å². The summed E-state index contributed by atoms with van der Waals surface area (Å²) in [6.45, 7) is 3.51. The minimum Gasteiger partial charge on any atom is -0.381 e. The molecule has 0 saturated carbocycles. The average molecular weight is 314 g/mol. The van der Waals surface area contributed by atoms with Crippen molar-refractivity contribution in [3.63, 3.8) is 0 Å². The van der Waals surface area contributed by atoms with Crippen molar-refractivity contribution >= 4 is 11.2 Å². The summed E-state index contributed by atoms with van der Waals surface area (Å²) < 4.78 is 7.28. The van der Waals surface area contributed by atoms with Gasteiger partial charge in [0, 0.05) is 25.5 Å². The van der Waals surface area contributed by atoms with Crippen LogP contribution in [-0.2, 0) is 4.74 Å². The molecule has 6 nitrogen and oxygen atoms in total. The summed E-state index contributed by atoms with van der Waals surface area (Å²) in [5.74, 6) is 0.488. The van der Waals surface area contributed by atoms with E-state index in [1.54, 1.807) is 0 Å². The Bertz CT molecular complexity index is 746. The van der Waals surface area contributed by atoms with Crippen molar-refractivity contribution in [3.8, 4) is 0 Å². The first kappa shape index (κ1) is 14.8. The SMILES string of the molecule is O=c1cnc2cc(C3CCOCC3)cnc2n1C1CCNCC1. The van der Waals surface area contributed by atoms with Crippen LogP contribution in [0.5, 0.6) is 0 Å². The van der Waals surface area contributed by atoms with Crippen LogP contribution >= 0.6 is 0 Å². The van der Waals surface area contributed by atoms with Gasteiger partial charge in [-0.05, 0) is 56.3 Å². The zero-order valence-electron chi connectivity index (χ0n) is 13.2. The molecule has 23 heavy (non-hydrogen) atoms. The quantitative estimate of drug-likeness (QED) is 0.912. The van der Waals surface area contributed by atoms with Crippen molar-refractivity contribution in [2.24, 2.45) is 0 Å². The Labute approximate surface area is 134 Å². The van der Waals surface area contributed by atoms with Gasteiger partial charge in [0.05, 0.1) is 6.20 Å². The number of pyridine rings is 1. The van der Waals surface area contributed by atoms with Crippen molar-refractivity contribution < 1.29 is 4.74 Å². The number of nitrogens with zero attached hydrogens (tertiary/aromatic N) is 3. The summed E-state index contributed by atoms with van der Waals surface area (Å²) in [6, 6.07) is 2.32. The fourth-order valence-electron chi connectivity index (χ4n) is 3.71. The number of aromatic nitrogens is 3. The van der Waals surface area contributed by atoms with E-state index in [0.717, 1.165) is 63.2 Å². The van der Waals surface area contributed by atoms with Crippen LogP contribution in [0.1, 0.15) is 43.2 Å². The lowest BCUT2D eigenvalue weighted by molar-refractivity contribution is 0.0853. The average Bonchev–Trinajstić information content (AvgIpc) is 2.63. The highest BCUT2D eigenvalue weighted by Crippen LogP contribution is 2.28. The van der Waals surface area contributed by atoms with E-state index in [0.29, 0.717) is 5.92 Å². The molecule has 0 aromatic carbocycles. The fraction of sp³-hybridized carbons (Fsp3) is 0.588. The van der Waals surface area contributed by atoms with Crippen LogP contribution in [0.4, 0.5) is 0 Å². The Morgan fingerprint density at radius 2 is 1.87 bits per heavy atom. The maximum absolute atomic E-state index is 12.3. The molecule has 0 bridgehead atoms. The van der Waals surface area contributed by atoms with Crippen molar-refractivity contribution in [1.29, 1.82) is 0 Å². The molecule has 1 N–H and O–H groups in total. The maximum atomic E-state index is 12.3. The molecule has 0 amide bonds. The summed E-state index contributed by atoms with van der Waals surface area (Å²) in [6.07, 6.45) is 7.35. The lowest BCUT2D eigenvalue weighted by atomic mass is 9.93. The first-order valence-electron chi connectivity index (χ1n) is 8.48. The van der Waals surface area contributed by atoms with Crippen LogP contribution in [0.15, 0.2) is 23.3 Å². The molecular formula is C17H22N4O2. The molecule has 0 unspecified atom stereocenters. The molecular weight excluding hydrogens is 292 g/mol. The second-order valence-electron chi connectivity index (χ2n) is 6.45. The topological polar surface area (TPSA) is 69.0 Å². The number of hydrogen-bond donors (Lipinski definition) is 1. The van der Waals surface area contributed by atoms with E-state index in [-0.39, 0.29) is 11.6 Å². The smallest absolute Gasteiger partial charge is 0.270 e. The lowest BCUT2D eigenvalue weighted by Crippen LogP contribution is -2.34. The molecule has 2 aliphatic heterocycles. The summed E-state index contributed by atoms with van der Waals surface area (Å²) in [4.78, 5) is 21.3. The highest BCUT2D eigenvalue weighted by molar-refractivity contribution is 5.70. The predicted octanol–water partition coefficient (Wildman–Crippen LogP) is 1.61. The van der Waals surface area contributed by atoms with E-state index in [1.807, 2.05) is 10.8 Å². The molecule has 4 rings (SSSR count). The van der Waals surface area contributed by atoms with E-state index in [4.69, 9.17) is 4.74 Å². The number of hydrogen-bond acceptors (Lipinski definition) is 5. The Hall–Kier alpha value is -1.79. The highest BCUT2D eigenvalue weighted by atomic mass is 16.5. The Kier molecular flexibility index (Phi) is 4.10. The minimum atomic E-state index is -0.0456. The van der Waals surface area contributed by atoms with Gasteiger partial charge in [-0.15, -0.1) is 0 Å². The van der Waals surface area contributed by atoms with Gasteiger partial charge in [-0.25, -0.2) is 9.97 Å². The second-order valence-corrected chi connectivity index (χ2v) is 6.45. The fourth-order valence-corrected chi connectivity index (χ4v) is 3.71. The van der Waals surface area contributed by atoms with Gasteiger partial charge >= 0.3 is 0 Å². The standard InChI is InChI=1S/C17H22N4O2/c22-16-11-19-15-9-13(12-3-7-23-8-4-12)10-20-17(15)21(16)14-1-5-18-6-2-14/h9-12,14,18H,1-8H2. The van der Waals surface area contributed by atoms with Gasteiger partial charge < -0.3 is 10.1 Å². The summed E-state index contributed by atoms with van der Waals surface area (Å²) >= 11 is 0. The molecule has 122 valence electrons. The second kappa shape index (κ2) is 6.37. The molecule has 0 atom stereocenters. The van der Waals surface area contributed by atoms with Crippen molar-refractivity contribution in [3.05, 3.63) is 34.4 Å². The molecule has 0 aliphatic carbocycles. The molecule has 2 saturated heterocycles. The van der Waals surface area contributed by atoms with Crippen molar-refractivity contribution in [2.45, 2.75) is 37.6 Å². The van der Waals surface area contributed by atoms with E-state index in [9.17, 15) is 4.79 Å².